The Bertz CT molecular complexity index is 387. The standard InChI is InChI=1S/C15H21Br3O3/c1-3-8(16)13-6-11(19)15(21-13)7-14-10(18)5-9(17)12(4-2)20-14/h1,8-15,19H,4-7H2,2H3/t8-,9+,10+,11-,12-,13-,14+,15-/m1/s1. The molecular formula is C15H21Br3O3. The van der Waals surface area contributed by atoms with Crippen LogP contribution in [-0.2, 0) is 9.47 Å². The van der Waals surface area contributed by atoms with E-state index >= 15 is 0 Å². The van der Waals surface area contributed by atoms with Gasteiger partial charge in [-0.1, -0.05) is 60.6 Å². The molecule has 2 saturated heterocycles. The molecule has 0 aromatic carbocycles. The van der Waals surface area contributed by atoms with Gasteiger partial charge in [-0.3, -0.25) is 0 Å². The Morgan fingerprint density at radius 1 is 1.19 bits per heavy atom. The van der Waals surface area contributed by atoms with Gasteiger partial charge in [-0.2, -0.15) is 0 Å². The molecule has 0 aromatic heterocycles. The van der Waals surface area contributed by atoms with Gasteiger partial charge in [-0.05, 0) is 12.8 Å². The molecule has 0 unspecified atom stereocenters. The summed E-state index contributed by atoms with van der Waals surface area (Å²) in [6, 6.07) is 0. The Balaban J connectivity index is 1.93. The molecule has 2 aliphatic rings. The average molecular weight is 489 g/mol. The molecule has 21 heavy (non-hydrogen) atoms. The summed E-state index contributed by atoms with van der Waals surface area (Å²) >= 11 is 10.8. The van der Waals surface area contributed by atoms with Crippen molar-refractivity contribution < 1.29 is 14.6 Å². The van der Waals surface area contributed by atoms with Crippen LogP contribution in [0.1, 0.15) is 32.6 Å². The lowest BCUT2D eigenvalue weighted by atomic mass is 9.96. The lowest BCUT2D eigenvalue weighted by molar-refractivity contribution is -0.0796. The largest absolute Gasteiger partial charge is 0.390 e. The van der Waals surface area contributed by atoms with Gasteiger partial charge in [0.15, 0.2) is 0 Å². The smallest absolute Gasteiger partial charge is 0.101 e. The summed E-state index contributed by atoms with van der Waals surface area (Å²) < 4.78 is 12.1. The fourth-order valence-electron chi connectivity index (χ4n) is 2.97. The molecule has 0 bridgehead atoms. The number of hydrogen-bond donors (Lipinski definition) is 1. The predicted molar refractivity (Wildman–Crippen MR) is 94.4 cm³/mol. The quantitative estimate of drug-likeness (QED) is 0.487. The Kier molecular flexibility index (Phi) is 7.05. The molecule has 0 radical (unpaired) electrons. The molecule has 120 valence electrons. The zero-order chi connectivity index (χ0) is 15.6. The van der Waals surface area contributed by atoms with E-state index in [-0.39, 0.29) is 34.1 Å². The fraction of sp³-hybridized carbons (Fsp3) is 0.867. The maximum Gasteiger partial charge on any atom is 0.101 e. The highest BCUT2D eigenvalue weighted by atomic mass is 79.9. The maximum atomic E-state index is 10.2. The van der Waals surface area contributed by atoms with E-state index in [1.807, 2.05) is 0 Å². The van der Waals surface area contributed by atoms with Gasteiger partial charge in [0.1, 0.15) is 4.83 Å². The van der Waals surface area contributed by atoms with Crippen LogP contribution < -0.4 is 0 Å². The number of halogens is 3. The normalized spacial score (nSPS) is 45.2. The number of rotatable bonds is 4. The number of ether oxygens (including phenoxy) is 2. The molecule has 0 aliphatic carbocycles. The number of aliphatic hydroxyl groups is 1. The number of hydrogen-bond acceptors (Lipinski definition) is 3. The maximum absolute atomic E-state index is 10.2. The van der Waals surface area contributed by atoms with Crippen molar-refractivity contribution in [3.8, 4) is 12.3 Å². The molecule has 2 heterocycles. The number of terminal acetylenes is 1. The van der Waals surface area contributed by atoms with Crippen molar-refractivity contribution in [2.75, 3.05) is 0 Å². The molecule has 0 aromatic rings. The summed E-state index contributed by atoms with van der Waals surface area (Å²) in [6.07, 6.45) is 8.11. The van der Waals surface area contributed by atoms with Gasteiger partial charge in [0.05, 0.1) is 30.5 Å². The minimum absolute atomic E-state index is 0.0572. The highest BCUT2D eigenvalue weighted by Crippen LogP contribution is 2.36. The van der Waals surface area contributed by atoms with Gasteiger partial charge in [0.2, 0.25) is 0 Å². The molecule has 1 N–H and O–H groups in total. The van der Waals surface area contributed by atoms with E-state index < -0.39 is 6.10 Å². The first-order valence-electron chi connectivity index (χ1n) is 7.33. The van der Waals surface area contributed by atoms with Crippen LogP contribution in [0.2, 0.25) is 0 Å². The molecule has 8 atom stereocenters. The van der Waals surface area contributed by atoms with Crippen molar-refractivity contribution in [2.24, 2.45) is 0 Å². The Morgan fingerprint density at radius 2 is 1.86 bits per heavy atom. The van der Waals surface area contributed by atoms with Gasteiger partial charge < -0.3 is 14.6 Å². The molecule has 2 aliphatic heterocycles. The highest BCUT2D eigenvalue weighted by molar-refractivity contribution is 9.10. The van der Waals surface area contributed by atoms with E-state index in [1.54, 1.807) is 0 Å². The van der Waals surface area contributed by atoms with Crippen molar-refractivity contribution in [3.63, 3.8) is 0 Å². The Labute approximate surface area is 151 Å². The van der Waals surface area contributed by atoms with E-state index in [9.17, 15) is 5.11 Å². The van der Waals surface area contributed by atoms with Gasteiger partial charge in [0, 0.05) is 22.5 Å². The SMILES string of the molecule is C#C[C@@H](Br)[C@H]1C[C@@H](O)[C@@H](C[C@@H]2O[C@H](CC)[C@@H](Br)C[C@@H]2Br)O1. The summed E-state index contributed by atoms with van der Waals surface area (Å²) in [7, 11) is 0. The first-order valence-corrected chi connectivity index (χ1v) is 10.1. The Morgan fingerprint density at radius 3 is 2.48 bits per heavy atom. The monoisotopic (exact) mass is 486 g/mol. The summed E-state index contributed by atoms with van der Waals surface area (Å²) in [4.78, 5) is 0.491. The third-order valence-electron chi connectivity index (χ3n) is 4.21. The molecule has 2 rings (SSSR count). The van der Waals surface area contributed by atoms with Crippen LogP contribution in [-0.4, -0.2) is 50.1 Å². The van der Waals surface area contributed by atoms with Crippen LogP contribution >= 0.6 is 47.8 Å². The summed E-state index contributed by atoms with van der Waals surface area (Å²) in [5, 5.41) is 10.2. The van der Waals surface area contributed by atoms with Gasteiger partial charge in [-0.15, -0.1) is 6.42 Å². The summed E-state index contributed by atoms with van der Waals surface area (Å²) in [5.41, 5.74) is 0. The third kappa shape index (κ3) is 4.45. The van der Waals surface area contributed by atoms with Crippen molar-refractivity contribution in [2.45, 2.75) is 77.6 Å². The highest BCUT2D eigenvalue weighted by Gasteiger charge is 2.42. The average Bonchev–Trinajstić information content (AvgIpc) is 2.82. The minimum atomic E-state index is -0.478. The zero-order valence-corrected chi connectivity index (χ0v) is 16.7. The van der Waals surface area contributed by atoms with Crippen LogP contribution in [0.4, 0.5) is 0 Å². The molecule has 6 heteroatoms. The second-order valence-electron chi connectivity index (χ2n) is 5.71. The lowest BCUT2D eigenvalue weighted by Gasteiger charge is -2.38. The van der Waals surface area contributed by atoms with E-state index in [0.717, 1.165) is 12.8 Å². The topological polar surface area (TPSA) is 38.7 Å². The van der Waals surface area contributed by atoms with Crippen molar-refractivity contribution in [3.05, 3.63) is 0 Å². The molecule has 0 amide bonds. The van der Waals surface area contributed by atoms with E-state index in [1.165, 1.54) is 0 Å². The van der Waals surface area contributed by atoms with Crippen LogP contribution in [0.15, 0.2) is 0 Å². The van der Waals surface area contributed by atoms with Crippen LogP contribution in [0.5, 0.6) is 0 Å². The molecule has 0 spiro atoms. The van der Waals surface area contributed by atoms with Crippen molar-refractivity contribution in [1.82, 2.24) is 0 Å². The lowest BCUT2D eigenvalue weighted by Crippen LogP contribution is -2.44. The minimum Gasteiger partial charge on any atom is -0.390 e. The summed E-state index contributed by atoms with van der Waals surface area (Å²) in [5.74, 6) is 2.62. The first kappa shape index (κ1) is 18.2. The fourth-order valence-corrected chi connectivity index (χ4v) is 5.45. The molecule has 2 fully saturated rings. The first-order chi connectivity index (χ1) is 9.96. The van der Waals surface area contributed by atoms with Crippen LogP contribution in [0.25, 0.3) is 0 Å². The zero-order valence-electron chi connectivity index (χ0n) is 11.9. The van der Waals surface area contributed by atoms with Crippen molar-refractivity contribution in [1.29, 1.82) is 0 Å². The van der Waals surface area contributed by atoms with Crippen LogP contribution in [0.3, 0.4) is 0 Å². The third-order valence-corrected chi connectivity index (χ3v) is 6.99. The second kappa shape index (κ2) is 8.12. The van der Waals surface area contributed by atoms with Crippen molar-refractivity contribution >= 4 is 47.8 Å². The van der Waals surface area contributed by atoms with E-state index in [2.05, 4.69) is 60.6 Å². The van der Waals surface area contributed by atoms with E-state index in [4.69, 9.17) is 15.9 Å². The second-order valence-corrected chi connectivity index (χ2v) is 9.05. The van der Waals surface area contributed by atoms with Crippen LogP contribution in [0, 0.1) is 12.3 Å². The summed E-state index contributed by atoms with van der Waals surface area (Å²) in [6.45, 7) is 2.13. The van der Waals surface area contributed by atoms with Gasteiger partial charge >= 0.3 is 0 Å². The Hall–Kier alpha value is 0.880. The number of aliphatic hydroxyl groups excluding tert-OH is 1. The molecular weight excluding hydrogens is 468 g/mol. The predicted octanol–water partition coefficient (Wildman–Crippen LogP) is 3.39. The molecule has 0 saturated carbocycles. The van der Waals surface area contributed by atoms with Gasteiger partial charge in [-0.25, -0.2) is 0 Å². The van der Waals surface area contributed by atoms with E-state index in [0.29, 0.717) is 17.7 Å². The number of alkyl halides is 3. The van der Waals surface area contributed by atoms with Gasteiger partial charge in [0.25, 0.3) is 0 Å². The molecule has 3 nitrogen and oxygen atoms in total.